The lowest BCUT2D eigenvalue weighted by atomic mass is 9.83. The van der Waals surface area contributed by atoms with Gasteiger partial charge in [-0.25, -0.2) is 9.37 Å². The summed E-state index contributed by atoms with van der Waals surface area (Å²) < 4.78 is 13.7. The molecule has 0 amide bonds. The predicted molar refractivity (Wildman–Crippen MR) is 70.4 cm³/mol. The van der Waals surface area contributed by atoms with Crippen molar-refractivity contribution in [2.75, 3.05) is 18.0 Å². The Kier molecular flexibility index (Phi) is 3.78. The van der Waals surface area contributed by atoms with E-state index < -0.39 is 5.60 Å². The molecule has 3 nitrogen and oxygen atoms in total. The molecule has 1 aromatic heterocycles. The lowest BCUT2D eigenvalue weighted by Gasteiger charge is -2.38. The monoisotopic (exact) mass is 272 g/mol. The molecule has 100 valence electrons. The van der Waals surface area contributed by atoms with E-state index in [1.54, 1.807) is 0 Å². The van der Waals surface area contributed by atoms with Crippen LogP contribution >= 0.6 is 11.6 Å². The topological polar surface area (TPSA) is 36.4 Å². The van der Waals surface area contributed by atoms with Gasteiger partial charge in [-0.3, -0.25) is 0 Å². The van der Waals surface area contributed by atoms with Crippen molar-refractivity contribution in [2.24, 2.45) is 5.92 Å². The van der Waals surface area contributed by atoms with Crippen LogP contribution in [0.5, 0.6) is 0 Å². The molecular weight excluding hydrogens is 255 g/mol. The van der Waals surface area contributed by atoms with Crippen molar-refractivity contribution in [3.63, 3.8) is 0 Å². The zero-order chi connectivity index (χ0) is 13.3. The van der Waals surface area contributed by atoms with Gasteiger partial charge in [0.2, 0.25) is 0 Å². The molecular formula is C13H18ClFN2O. The molecule has 0 unspecified atom stereocenters. The van der Waals surface area contributed by atoms with Crippen molar-refractivity contribution >= 4 is 17.4 Å². The molecule has 0 aromatic carbocycles. The minimum Gasteiger partial charge on any atom is -0.390 e. The molecule has 0 bridgehead atoms. The van der Waals surface area contributed by atoms with Crippen LogP contribution in [0, 0.1) is 11.7 Å². The van der Waals surface area contributed by atoms with Crippen molar-refractivity contribution in [3.8, 4) is 0 Å². The van der Waals surface area contributed by atoms with Crippen molar-refractivity contribution in [1.82, 2.24) is 4.98 Å². The second-order valence-electron chi connectivity index (χ2n) is 5.37. The number of halogens is 2. The van der Waals surface area contributed by atoms with E-state index in [0.29, 0.717) is 23.9 Å². The van der Waals surface area contributed by atoms with Gasteiger partial charge >= 0.3 is 0 Å². The minimum atomic E-state index is -0.669. The molecule has 2 rings (SSSR count). The van der Waals surface area contributed by atoms with E-state index in [2.05, 4.69) is 4.98 Å². The fourth-order valence-electron chi connectivity index (χ4n) is 2.44. The molecule has 1 fully saturated rings. The van der Waals surface area contributed by atoms with Gasteiger partial charge in [-0.05, 0) is 38.7 Å². The Balaban J connectivity index is 2.06. The summed E-state index contributed by atoms with van der Waals surface area (Å²) in [6.45, 7) is 5.07. The molecule has 0 radical (unpaired) electrons. The van der Waals surface area contributed by atoms with Crippen LogP contribution in [-0.2, 0) is 0 Å². The lowest BCUT2D eigenvalue weighted by Crippen LogP contribution is -2.42. The molecule has 2 heterocycles. The summed E-state index contributed by atoms with van der Waals surface area (Å²) in [7, 11) is 0. The summed E-state index contributed by atoms with van der Waals surface area (Å²) in [5, 5.41) is 10.3. The fraction of sp³-hybridized carbons (Fsp3) is 0.615. The maximum atomic E-state index is 13.7. The van der Waals surface area contributed by atoms with Crippen LogP contribution in [0.2, 0.25) is 5.02 Å². The summed E-state index contributed by atoms with van der Waals surface area (Å²) >= 11 is 5.68. The second kappa shape index (κ2) is 5.02. The zero-order valence-electron chi connectivity index (χ0n) is 10.7. The fourth-order valence-corrected chi connectivity index (χ4v) is 2.58. The molecule has 1 aliphatic heterocycles. The van der Waals surface area contributed by atoms with Crippen LogP contribution in [0.1, 0.15) is 26.7 Å². The quantitative estimate of drug-likeness (QED) is 0.899. The number of rotatable bonds is 2. The van der Waals surface area contributed by atoms with Crippen molar-refractivity contribution in [2.45, 2.75) is 32.3 Å². The number of hydrogen-bond donors (Lipinski definition) is 1. The summed E-state index contributed by atoms with van der Waals surface area (Å²) in [6, 6.07) is 1.28. The molecule has 18 heavy (non-hydrogen) atoms. The van der Waals surface area contributed by atoms with Gasteiger partial charge < -0.3 is 10.0 Å². The highest BCUT2D eigenvalue weighted by Gasteiger charge is 2.31. The third-order valence-electron chi connectivity index (χ3n) is 3.58. The minimum absolute atomic E-state index is 0.254. The Hall–Kier alpha value is -0.870. The molecule has 5 heteroatoms. The number of pyridine rings is 1. The predicted octanol–water partition coefficient (Wildman–Crippen LogP) is 2.86. The van der Waals surface area contributed by atoms with Gasteiger partial charge in [0, 0.05) is 19.3 Å². The van der Waals surface area contributed by atoms with Crippen molar-refractivity contribution < 1.29 is 9.50 Å². The number of aliphatic hydroxyl groups is 1. The zero-order valence-corrected chi connectivity index (χ0v) is 11.4. The Labute approximate surface area is 112 Å². The van der Waals surface area contributed by atoms with E-state index in [9.17, 15) is 9.50 Å². The maximum absolute atomic E-state index is 13.7. The summed E-state index contributed by atoms with van der Waals surface area (Å²) in [5.41, 5.74) is -0.669. The van der Waals surface area contributed by atoms with Gasteiger partial charge in [0.1, 0.15) is 0 Å². The van der Waals surface area contributed by atoms with Gasteiger partial charge in [-0.1, -0.05) is 11.6 Å². The number of piperidine rings is 1. The van der Waals surface area contributed by atoms with Gasteiger partial charge in [0.25, 0.3) is 0 Å². The second-order valence-corrected chi connectivity index (χ2v) is 5.81. The van der Waals surface area contributed by atoms with E-state index in [-0.39, 0.29) is 11.7 Å². The smallest absolute Gasteiger partial charge is 0.167 e. The van der Waals surface area contributed by atoms with Crippen LogP contribution < -0.4 is 4.90 Å². The van der Waals surface area contributed by atoms with Crippen LogP contribution in [-0.4, -0.2) is 28.8 Å². The molecule has 0 spiro atoms. The molecule has 0 atom stereocenters. The summed E-state index contributed by atoms with van der Waals surface area (Å²) in [4.78, 5) is 5.96. The van der Waals surface area contributed by atoms with E-state index in [4.69, 9.17) is 11.6 Å². The average molecular weight is 273 g/mol. The third-order valence-corrected chi connectivity index (χ3v) is 3.79. The highest BCUT2D eigenvalue weighted by molar-refractivity contribution is 6.30. The first-order valence-electron chi connectivity index (χ1n) is 6.16. The van der Waals surface area contributed by atoms with Crippen LogP contribution in [0.4, 0.5) is 10.2 Å². The van der Waals surface area contributed by atoms with E-state index in [0.717, 1.165) is 12.8 Å². The van der Waals surface area contributed by atoms with Gasteiger partial charge in [0.05, 0.1) is 10.6 Å². The number of anilines is 1. The van der Waals surface area contributed by atoms with E-state index in [1.807, 2.05) is 18.7 Å². The molecule has 0 saturated carbocycles. The average Bonchev–Trinajstić information content (AvgIpc) is 2.28. The molecule has 1 aromatic rings. The Morgan fingerprint density at radius 2 is 2.06 bits per heavy atom. The SMILES string of the molecule is CC(C)(O)C1CCN(c2ncc(Cl)cc2F)CC1. The first kappa shape index (κ1) is 13.6. The van der Waals surface area contributed by atoms with Crippen LogP contribution in [0.15, 0.2) is 12.3 Å². The van der Waals surface area contributed by atoms with E-state index in [1.165, 1.54) is 12.3 Å². The van der Waals surface area contributed by atoms with Crippen molar-refractivity contribution in [3.05, 3.63) is 23.1 Å². The lowest BCUT2D eigenvalue weighted by molar-refractivity contribution is 0.00642. The number of nitrogens with zero attached hydrogens (tertiary/aromatic N) is 2. The van der Waals surface area contributed by atoms with Gasteiger partial charge in [0.15, 0.2) is 11.6 Å². The molecule has 1 aliphatic rings. The highest BCUT2D eigenvalue weighted by atomic mass is 35.5. The largest absolute Gasteiger partial charge is 0.390 e. The first-order valence-corrected chi connectivity index (χ1v) is 6.54. The standard InChI is InChI=1S/C13H18ClFN2O/c1-13(2,18)9-3-5-17(6-4-9)12-11(15)7-10(14)8-16-12/h7-9,18H,3-6H2,1-2H3. The molecule has 1 N–H and O–H groups in total. The Bertz CT molecular complexity index is 425. The highest BCUT2D eigenvalue weighted by Crippen LogP contribution is 2.30. The first-order chi connectivity index (χ1) is 8.38. The van der Waals surface area contributed by atoms with Crippen LogP contribution in [0.25, 0.3) is 0 Å². The number of aromatic nitrogens is 1. The molecule has 1 saturated heterocycles. The van der Waals surface area contributed by atoms with Gasteiger partial charge in [-0.2, -0.15) is 0 Å². The van der Waals surface area contributed by atoms with Gasteiger partial charge in [-0.15, -0.1) is 0 Å². The number of hydrogen-bond acceptors (Lipinski definition) is 3. The Morgan fingerprint density at radius 1 is 1.44 bits per heavy atom. The Morgan fingerprint density at radius 3 is 2.56 bits per heavy atom. The van der Waals surface area contributed by atoms with Crippen molar-refractivity contribution in [1.29, 1.82) is 0 Å². The summed E-state index contributed by atoms with van der Waals surface area (Å²) in [6.07, 6.45) is 3.14. The summed E-state index contributed by atoms with van der Waals surface area (Å²) in [5.74, 6) is 0.224. The third kappa shape index (κ3) is 2.93. The normalized spacial score (nSPS) is 18.2. The molecule has 0 aliphatic carbocycles. The maximum Gasteiger partial charge on any atom is 0.167 e. The van der Waals surface area contributed by atoms with Crippen LogP contribution in [0.3, 0.4) is 0 Å². The van der Waals surface area contributed by atoms with E-state index >= 15 is 0 Å².